The minimum absolute atomic E-state index is 0.0717. The molecule has 2 amide bonds. The average molecular weight is 339 g/mol. The number of rotatable bonds is 7. The molecule has 0 atom stereocenters. The molecule has 0 aromatic heterocycles. The lowest BCUT2D eigenvalue weighted by molar-refractivity contribution is -0.119. The number of nitrogens with zero attached hydrogens (tertiary/aromatic N) is 1. The Kier molecular flexibility index (Phi) is 6.57. The summed E-state index contributed by atoms with van der Waals surface area (Å²) in [5, 5.41) is 5.70. The van der Waals surface area contributed by atoms with Gasteiger partial charge in [0.25, 0.3) is 5.91 Å². The molecule has 0 aliphatic heterocycles. The summed E-state index contributed by atoms with van der Waals surface area (Å²) in [5.74, 6) is -0.183. The van der Waals surface area contributed by atoms with E-state index in [1.165, 1.54) is 6.92 Å². The standard InChI is InChI=1S/C20H25N3O2/c1-4-23(3)19-8-6-5-7-18(19)14-22-20(25)17-11-9-16(10-12-17)13-21-15(2)24/h5-12H,4,13-14H2,1-3H3,(H,21,24)(H,22,25). The van der Waals surface area contributed by atoms with Crippen molar-refractivity contribution < 1.29 is 9.59 Å². The monoisotopic (exact) mass is 339 g/mol. The van der Waals surface area contributed by atoms with Gasteiger partial charge in [0.1, 0.15) is 0 Å². The third kappa shape index (κ3) is 5.35. The lowest BCUT2D eigenvalue weighted by atomic mass is 10.1. The van der Waals surface area contributed by atoms with Gasteiger partial charge in [0, 0.05) is 44.9 Å². The molecule has 5 heteroatoms. The van der Waals surface area contributed by atoms with Gasteiger partial charge in [-0.15, -0.1) is 0 Å². The molecule has 0 unspecified atom stereocenters. The second kappa shape index (κ2) is 8.87. The van der Waals surface area contributed by atoms with E-state index in [4.69, 9.17) is 0 Å². The van der Waals surface area contributed by atoms with E-state index in [1.54, 1.807) is 12.1 Å². The van der Waals surface area contributed by atoms with Crippen LogP contribution in [0.25, 0.3) is 0 Å². The van der Waals surface area contributed by atoms with Gasteiger partial charge in [-0.25, -0.2) is 0 Å². The van der Waals surface area contributed by atoms with Crippen LogP contribution in [0.3, 0.4) is 0 Å². The Morgan fingerprint density at radius 1 is 0.960 bits per heavy atom. The van der Waals surface area contributed by atoms with Crippen LogP contribution in [0.4, 0.5) is 5.69 Å². The van der Waals surface area contributed by atoms with Crippen LogP contribution >= 0.6 is 0 Å². The molecular formula is C20H25N3O2. The summed E-state index contributed by atoms with van der Waals surface area (Å²) >= 11 is 0. The zero-order chi connectivity index (χ0) is 18.2. The molecule has 2 N–H and O–H groups in total. The highest BCUT2D eigenvalue weighted by molar-refractivity contribution is 5.94. The molecule has 0 saturated heterocycles. The van der Waals surface area contributed by atoms with Crippen molar-refractivity contribution in [3.8, 4) is 0 Å². The van der Waals surface area contributed by atoms with E-state index in [-0.39, 0.29) is 11.8 Å². The van der Waals surface area contributed by atoms with Gasteiger partial charge in [-0.05, 0) is 36.2 Å². The van der Waals surface area contributed by atoms with Crippen LogP contribution in [0.1, 0.15) is 35.3 Å². The van der Waals surface area contributed by atoms with E-state index in [2.05, 4.69) is 28.5 Å². The third-order valence-corrected chi connectivity index (χ3v) is 4.07. The van der Waals surface area contributed by atoms with Crippen LogP contribution in [0.15, 0.2) is 48.5 Å². The van der Waals surface area contributed by atoms with Crippen LogP contribution in [-0.4, -0.2) is 25.4 Å². The lowest BCUT2D eigenvalue weighted by Crippen LogP contribution is -2.25. The van der Waals surface area contributed by atoms with Crippen molar-refractivity contribution in [2.75, 3.05) is 18.5 Å². The molecule has 132 valence electrons. The minimum atomic E-state index is -0.111. The van der Waals surface area contributed by atoms with Gasteiger partial charge in [-0.1, -0.05) is 30.3 Å². The van der Waals surface area contributed by atoms with Gasteiger partial charge in [0.15, 0.2) is 0 Å². The normalized spacial score (nSPS) is 10.2. The fourth-order valence-corrected chi connectivity index (χ4v) is 2.48. The highest BCUT2D eigenvalue weighted by Gasteiger charge is 2.09. The molecule has 25 heavy (non-hydrogen) atoms. The Balaban J connectivity index is 1.98. The van der Waals surface area contributed by atoms with Gasteiger partial charge < -0.3 is 15.5 Å². The first-order chi connectivity index (χ1) is 12.0. The third-order valence-electron chi connectivity index (χ3n) is 4.07. The molecule has 2 aromatic carbocycles. The number of anilines is 1. The van der Waals surface area contributed by atoms with Gasteiger partial charge in [-0.2, -0.15) is 0 Å². The number of para-hydroxylation sites is 1. The Labute approximate surface area is 149 Å². The molecule has 0 saturated carbocycles. The number of benzene rings is 2. The van der Waals surface area contributed by atoms with Gasteiger partial charge in [-0.3, -0.25) is 9.59 Å². The maximum absolute atomic E-state index is 12.4. The van der Waals surface area contributed by atoms with E-state index < -0.39 is 0 Å². The number of carbonyl (C=O) groups is 2. The molecular weight excluding hydrogens is 314 g/mol. The smallest absolute Gasteiger partial charge is 0.251 e. The summed E-state index contributed by atoms with van der Waals surface area (Å²) in [6.45, 7) is 5.43. The second-order valence-corrected chi connectivity index (χ2v) is 5.93. The van der Waals surface area contributed by atoms with Crippen LogP contribution in [0.2, 0.25) is 0 Å². The van der Waals surface area contributed by atoms with Gasteiger partial charge in [0.05, 0.1) is 0 Å². The van der Waals surface area contributed by atoms with Gasteiger partial charge in [0.2, 0.25) is 5.91 Å². The maximum atomic E-state index is 12.4. The molecule has 5 nitrogen and oxygen atoms in total. The second-order valence-electron chi connectivity index (χ2n) is 5.93. The zero-order valence-corrected chi connectivity index (χ0v) is 15.0. The predicted molar refractivity (Wildman–Crippen MR) is 101 cm³/mol. The number of nitrogens with one attached hydrogen (secondary N) is 2. The Hall–Kier alpha value is -2.82. The summed E-state index contributed by atoms with van der Waals surface area (Å²) in [6.07, 6.45) is 0. The van der Waals surface area contributed by atoms with Gasteiger partial charge >= 0.3 is 0 Å². The van der Waals surface area contributed by atoms with Crippen molar-refractivity contribution in [3.05, 3.63) is 65.2 Å². The van der Waals surface area contributed by atoms with Crippen LogP contribution in [0.5, 0.6) is 0 Å². The SMILES string of the molecule is CCN(C)c1ccccc1CNC(=O)c1ccc(CNC(C)=O)cc1. The van der Waals surface area contributed by atoms with Crippen molar-refractivity contribution in [2.24, 2.45) is 0 Å². The fraction of sp³-hybridized carbons (Fsp3) is 0.300. The van der Waals surface area contributed by atoms with Crippen molar-refractivity contribution in [2.45, 2.75) is 26.9 Å². The highest BCUT2D eigenvalue weighted by Crippen LogP contribution is 2.18. The Morgan fingerprint density at radius 2 is 1.64 bits per heavy atom. The first kappa shape index (κ1) is 18.5. The van der Waals surface area contributed by atoms with Crippen molar-refractivity contribution in [1.82, 2.24) is 10.6 Å². The van der Waals surface area contributed by atoms with Crippen LogP contribution in [-0.2, 0) is 17.9 Å². The van der Waals surface area contributed by atoms with E-state index in [0.717, 1.165) is 23.4 Å². The maximum Gasteiger partial charge on any atom is 0.251 e. The van der Waals surface area contributed by atoms with E-state index in [9.17, 15) is 9.59 Å². The molecule has 2 aromatic rings. The predicted octanol–water partition coefficient (Wildman–Crippen LogP) is 2.71. The minimum Gasteiger partial charge on any atom is -0.375 e. The molecule has 0 fully saturated rings. The molecule has 0 spiro atoms. The van der Waals surface area contributed by atoms with E-state index in [1.807, 2.05) is 37.4 Å². The fourth-order valence-electron chi connectivity index (χ4n) is 2.48. The Bertz CT molecular complexity index is 726. The number of hydrogen-bond acceptors (Lipinski definition) is 3. The largest absolute Gasteiger partial charge is 0.375 e. The van der Waals surface area contributed by atoms with E-state index in [0.29, 0.717) is 18.7 Å². The number of amides is 2. The average Bonchev–Trinajstić information content (AvgIpc) is 2.64. The van der Waals surface area contributed by atoms with E-state index >= 15 is 0 Å². The lowest BCUT2D eigenvalue weighted by Gasteiger charge is -2.20. The molecule has 0 heterocycles. The summed E-state index contributed by atoms with van der Waals surface area (Å²) in [4.78, 5) is 25.4. The first-order valence-electron chi connectivity index (χ1n) is 8.42. The summed E-state index contributed by atoms with van der Waals surface area (Å²) in [7, 11) is 2.04. The Morgan fingerprint density at radius 3 is 2.28 bits per heavy atom. The van der Waals surface area contributed by atoms with Crippen molar-refractivity contribution >= 4 is 17.5 Å². The zero-order valence-electron chi connectivity index (χ0n) is 15.0. The summed E-state index contributed by atoms with van der Waals surface area (Å²) < 4.78 is 0. The summed E-state index contributed by atoms with van der Waals surface area (Å²) in [5.41, 5.74) is 3.77. The van der Waals surface area contributed by atoms with Crippen LogP contribution in [0, 0.1) is 0 Å². The molecule has 0 aliphatic rings. The molecule has 0 radical (unpaired) electrons. The quantitative estimate of drug-likeness (QED) is 0.815. The number of hydrogen-bond donors (Lipinski definition) is 2. The highest BCUT2D eigenvalue weighted by atomic mass is 16.2. The topological polar surface area (TPSA) is 61.4 Å². The van der Waals surface area contributed by atoms with Crippen molar-refractivity contribution in [1.29, 1.82) is 0 Å². The first-order valence-corrected chi connectivity index (χ1v) is 8.42. The molecule has 0 aliphatic carbocycles. The summed E-state index contributed by atoms with van der Waals surface area (Å²) in [6, 6.07) is 15.3. The molecule has 2 rings (SSSR count). The molecule has 0 bridgehead atoms. The van der Waals surface area contributed by atoms with Crippen molar-refractivity contribution in [3.63, 3.8) is 0 Å². The van der Waals surface area contributed by atoms with Crippen LogP contribution < -0.4 is 15.5 Å². The number of carbonyl (C=O) groups excluding carboxylic acids is 2.